The van der Waals surface area contributed by atoms with Gasteiger partial charge in [0.05, 0.1) is 6.54 Å². The molecule has 7 heteroatoms. The third kappa shape index (κ3) is 5.14. The van der Waals surface area contributed by atoms with E-state index in [-0.39, 0.29) is 19.1 Å². The number of fused-ring (bicyclic) bond motifs is 1. The minimum absolute atomic E-state index is 0.0885. The van der Waals surface area contributed by atoms with Gasteiger partial charge >= 0.3 is 5.63 Å². The molecule has 7 nitrogen and oxygen atoms in total. The molecule has 0 aliphatic carbocycles. The highest BCUT2D eigenvalue weighted by atomic mass is 16.5. The molecule has 2 amide bonds. The second kappa shape index (κ2) is 7.98. The monoisotopic (exact) mass is 318 g/mol. The van der Waals surface area contributed by atoms with Gasteiger partial charge in [0, 0.05) is 24.1 Å². The number of hydrogen-bond donors (Lipinski definition) is 2. The molecule has 0 aliphatic heterocycles. The molecule has 122 valence electrons. The summed E-state index contributed by atoms with van der Waals surface area (Å²) in [5.74, 6) is -0.253. The van der Waals surface area contributed by atoms with Crippen molar-refractivity contribution in [3.63, 3.8) is 0 Å². The predicted molar refractivity (Wildman–Crippen MR) is 84.3 cm³/mol. The molecule has 0 saturated heterocycles. The molecule has 2 rings (SSSR count). The molecule has 2 aromatic rings. The van der Waals surface area contributed by atoms with Gasteiger partial charge in [0.1, 0.15) is 11.3 Å². The molecule has 23 heavy (non-hydrogen) atoms. The first kappa shape index (κ1) is 16.5. The van der Waals surface area contributed by atoms with Gasteiger partial charge in [-0.05, 0) is 24.6 Å². The Kier molecular flexibility index (Phi) is 5.74. The van der Waals surface area contributed by atoms with Crippen LogP contribution in [-0.4, -0.2) is 31.5 Å². The second-order valence-corrected chi connectivity index (χ2v) is 4.87. The maximum atomic E-state index is 11.6. The van der Waals surface area contributed by atoms with E-state index in [0.717, 1.165) is 11.8 Å². The molecule has 1 aromatic carbocycles. The van der Waals surface area contributed by atoms with Crippen LogP contribution < -0.4 is 21.0 Å². The molecule has 1 aromatic heterocycles. The van der Waals surface area contributed by atoms with Crippen molar-refractivity contribution in [3.8, 4) is 5.75 Å². The summed E-state index contributed by atoms with van der Waals surface area (Å²) in [6, 6.07) is 7.91. The van der Waals surface area contributed by atoms with E-state index in [1.54, 1.807) is 18.2 Å². The topological polar surface area (TPSA) is 97.6 Å². The van der Waals surface area contributed by atoms with Crippen LogP contribution in [-0.2, 0) is 9.59 Å². The molecule has 0 saturated carbocycles. The third-order valence-electron chi connectivity index (χ3n) is 2.98. The lowest BCUT2D eigenvalue weighted by Crippen LogP contribution is -2.39. The van der Waals surface area contributed by atoms with E-state index in [1.807, 2.05) is 6.92 Å². The first-order valence-electron chi connectivity index (χ1n) is 7.28. The fourth-order valence-electron chi connectivity index (χ4n) is 1.84. The lowest BCUT2D eigenvalue weighted by Gasteiger charge is -2.08. The number of rotatable bonds is 7. The van der Waals surface area contributed by atoms with E-state index in [9.17, 15) is 14.4 Å². The Labute approximate surface area is 132 Å². The van der Waals surface area contributed by atoms with Gasteiger partial charge in [-0.25, -0.2) is 4.79 Å². The Balaban J connectivity index is 1.84. The van der Waals surface area contributed by atoms with Gasteiger partial charge in [-0.1, -0.05) is 6.92 Å². The van der Waals surface area contributed by atoms with Gasteiger partial charge in [0.2, 0.25) is 5.91 Å². The van der Waals surface area contributed by atoms with Crippen LogP contribution in [0.4, 0.5) is 0 Å². The maximum Gasteiger partial charge on any atom is 0.336 e. The molecule has 1 heterocycles. The molecular formula is C16H18N2O5. The lowest BCUT2D eigenvalue weighted by atomic mass is 10.2. The molecule has 0 unspecified atom stereocenters. The van der Waals surface area contributed by atoms with Crippen LogP contribution in [0.2, 0.25) is 0 Å². The average Bonchev–Trinajstić information content (AvgIpc) is 2.55. The number of carbonyl (C=O) groups excluding carboxylic acids is 2. The molecule has 0 fully saturated rings. The van der Waals surface area contributed by atoms with Crippen molar-refractivity contribution in [1.29, 1.82) is 0 Å². The zero-order chi connectivity index (χ0) is 16.7. The minimum atomic E-state index is -0.453. The molecular weight excluding hydrogens is 300 g/mol. The fourth-order valence-corrected chi connectivity index (χ4v) is 1.84. The smallest absolute Gasteiger partial charge is 0.336 e. The van der Waals surface area contributed by atoms with E-state index in [0.29, 0.717) is 17.9 Å². The molecule has 0 bridgehead atoms. The van der Waals surface area contributed by atoms with Gasteiger partial charge in [-0.3, -0.25) is 9.59 Å². The quantitative estimate of drug-likeness (QED) is 0.736. The zero-order valence-electron chi connectivity index (χ0n) is 12.8. The standard InChI is InChI=1S/C16H18N2O5/c1-2-7-17-14(19)9-18-15(20)10-22-12-5-3-11-4-6-16(21)23-13(11)8-12/h3-6,8H,2,7,9-10H2,1H3,(H,17,19)(H,18,20). The van der Waals surface area contributed by atoms with Crippen LogP contribution in [0.15, 0.2) is 39.5 Å². The number of ether oxygens (including phenoxy) is 1. The molecule has 2 N–H and O–H groups in total. The highest BCUT2D eigenvalue weighted by Gasteiger charge is 2.07. The average molecular weight is 318 g/mol. The van der Waals surface area contributed by atoms with Crippen molar-refractivity contribution >= 4 is 22.8 Å². The Hall–Kier alpha value is -2.83. The predicted octanol–water partition coefficient (Wildman–Crippen LogP) is 0.814. The largest absolute Gasteiger partial charge is 0.484 e. The Morgan fingerprint density at radius 3 is 2.70 bits per heavy atom. The first-order valence-corrected chi connectivity index (χ1v) is 7.28. The van der Waals surface area contributed by atoms with Crippen molar-refractivity contribution in [2.75, 3.05) is 19.7 Å². The van der Waals surface area contributed by atoms with Crippen LogP contribution in [0.3, 0.4) is 0 Å². The lowest BCUT2D eigenvalue weighted by molar-refractivity contribution is -0.127. The highest BCUT2D eigenvalue weighted by Crippen LogP contribution is 2.19. The summed E-state index contributed by atoms with van der Waals surface area (Å²) in [6.45, 7) is 2.20. The summed E-state index contributed by atoms with van der Waals surface area (Å²) in [4.78, 5) is 34.1. The summed E-state index contributed by atoms with van der Waals surface area (Å²) in [5.41, 5.74) is -0.0696. The first-order chi connectivity index (χ1) is 11.1. The van der Waals surface area contributed by atoms with Crippen LogP contribution in [0.5, 0.6) is 5.75 Å². The fraction of sp³-hybridized carbons (Fsp3) is 0.312. The third-order valence-corrected chi connectivity index (χ3v) is 2.98. The number of hydrogen-bond acceptors (Lipinski definition) is 5. The minimum Gasteiger partial charge on any atom is -0.484 e. The number of amides is 2. The molecule has 0 spiro atoms. The number of nitrogens with one attached hydrogen (secondary N) is 2. The van der Waals surface area contributed by atoms with Crippen LogP contribution >= 0.6 is 0 Å². The highest BCUT2D eigenvalue weighted by molar-refractivity contribution is 5.85. The summed E-state index contributed by atoms with van der Waals surface area (Å²) >= 11 is 0. The van der Waals surface area contributed by atoms with E-state index in [2.05, 4.69) is 10.6 Å². The maximum absolute atomic E-state index is 11.6. The van der Waals surface area contributed by atoms with E-state index >= 15 is 0 Å². The molecule has 0 radical (unpaired) electrons. The van der Waals surface area contributed by atoms with Crippen LogP contribution in [0.25, 0.3) is 11.0 Å². The number of carbonyl (C=O) groups is 2. The summed E-state index contributed by atoms with van der Waals surface area (Å²) in [6.07, 6.45) is 0.834. The van der Waals surface area contributed by atoms with Crippen molar-refractivity contribution in [3.05, 3.63) is 40.8 Å². The zero-order valence-corrected chi connectivity index (χ0v) is 12.8. The van der Waals surface area contributed by atoms with E-state index in [1.165, 1.54) is 12.1 Å². The SMILES string of the molecule is CCCNC(=O)CNC(=O)COc1ccc2ccc(=O)oc2c1. The van der Waals surface area contributed by atoms with E-state index < -0.39 is 11.5 Å². The second-order valence-electron chi connectivity index (χ2n) is 4.87. The van der Waals surface area contributed by atoms with Crippen molar-refractivity contribution in [2.24, 2.45) is 0 Å². The van der Waals surface area contributed by atoms with Gasteiger partial charge < -0.3 is 19.8 Å². The van der Waals surface area contributed by atoms with Crippen LogP contribution in [0.1, 0.15) is 13.3 Å². The summed E-state index contributed by atoms with van der Waals surface area (Å²) in [5, 5.41) is 5.87. The Morgan fingerprint density at radius 1 is 1.13 bits per heavy atom. The Morgan fingerprint density at radius 2 is 1.91 bits per heavy atom. The summed E-state index contributed by atoms with van der Waals surface area (Å²) < 4.78 is 10.4. The van der Waals surface area contributed by atoms with Gasteiger partial charge in [-0.2, -0.15) is 0 Å². The van der Waals surface area contributed by atoms with Crippen molar-refractivity contribution < 1.29 is 18.7 Å². The van der Waals surface area contributed by atoms with Gasteiger partial charge in [0.15, 0.2) is 6.61 Å². The normalized spacial score (nSPS) is 10.3. The van der Waals surface area contributed by atoms with E-state index in [4.69, 9.17) is 9.15 Å². The van der Waals surface area contributed by atoms with Crippen molar-refractivity contribution in [2.45, 2.75) is 13.3 Å². The summed E-state index contributed by atoms with van der Waals surface area (Å²) in [7, 11) is 0. The van der Waals surface area contributed by atoms with Gasteiger partial charge in [0.25, 0.3) is 5.91 Å². The molecule has 0 aliphatic rings. The van der Waals surface area contributed by atoms with Gasteiger partial charge in [-0.15, -0.1) is 0 Å². The Bertz CT molecular complexity index is 753. The molecule has 0 atom stereocenters. The number of benzene rings is 1. The van der Waals surface area contributed by atoms with Crippen LogP contribution in [0, 0.1) is 0 Å². The van der Waals surface area contributed by atoms with Crippen molar-refractivity contribution in [1.82, 2.24) is 10.6 Å².